The SMILES string of the molecule is C=CC(=O)Oc1ccc(C(CC)CCCC(C)c2ccc(OC(=O)/C(C)=C(\C)C(C)=C(C)C)cc2)cc1. The molecule has 198 valence electrons. The van der Waals surface area contributed by atoms with Crippen LogP contribution in [0.5, 0.6) is 11.5 Å². The van der Waals surface area contributed by atoms with Gasteiger partial charge in [-0.15, -0.1) is 0 Å². The van der Waals surface area contributed by atoms with Gasteiger partial charge >= 0.3 is 11.9 Å². The van der Waals surface area contributed by atoms with Crippen LogP contribution in [0, 0.1) is 0 Å². The fourth-order valence-corrected chi connectivity index (χ4v) is 4.27. The summed E-state index contributed by atoms with van der Waals surface area (Å²) in [5, 5.41) is 0. The van der Waals surface area contributed by atoms with Gasteiger partial charge in [0.05, 0.1) is 0 Å². The Balaban J connectivity index is 1.91. The zero-order valence-corrected chi connectivity index (χ0v) is 23.5. The quantitative estimate of drug-likeness (QED) is 0.126. The molecule has 0 aliphatic heterocycles. The van der Waals surface area contributed by atoms with Crippen LogP contribution < -0.4 is 9.47 Å². The lowest BCUT2D eigenvalue weighted by molar-refractivity contribution is -0.130. The van der Waals surface area contributed by atoms with Crippen molar-refractivity contribution in [2.45, 2.75) is 86.0 Å². The second kappa shape index (κ2) is 14.4. The molecule has 4 nitrogen and oxygen atoms in total. The first-order chi connectivity index (χ1) is 17.6. The fourth-order valence-electron chi connectivity index (χ4n) is 4.27. The second-order valence-electron chi connectivity index (χ2n) is 9.96. The third-order valence-electron chi connectivity index (χ3n) is 7.26. The lowest BCUT2D eigenvalue weighted by Gasteiger charge is -2.18. The van der Waals surface area contributed by atoms with Gasteiger partial charge in [0.2, 0.25) is 0 Å². The Labute approximate surface area is 223 Å². The number of rotatable bonds is 12. The minimum Gasteiger partial charge on any atom is -0.423 e. The van der Waals surface area contributed by atoms with Gasteiger partial charge in [0, 0.05) is 11.6 Å². The van der Waals surface area contributed by atoms with E-state index in [1.165, 1.54) is 16.7 Å². The summed E-state index contributed by atoms with van der Waals surface area (Å²) in [4.78, 5) is 24.0. The van der Waals surface area contributed by atoms with Gasteiger partial charge in [-0.05, 0) is 112 Å². The molecule has 2 rings (SSSR count). The Morgan fingerprint density at radius 2 is 1.32 bits per heavy atom. The second-order valence-corrected chi connectivity index (χ2v) is 9.96. The predicted molar refractivity (Wildman–Crippen MR) is 152 cm³/mol. The van der Waals surface area contributed by atoms with Gasteiger partial charge in [-0.3, -0.25) is 0 Å². The molecule has 0 aliphatic rings. The molecule has 2 aromatic rings. The monoisotopic (exact) mass is 502 g/mol. The molecular weight excluding hydrogens is 460 g/mol. The van der Waals surface area contributed by atoms with Crippen molar-refractivity contribution in [3.05, 3.63) is 94.6 Å². The lowest BCUT2D eigenvalue weighted by Crippen LogP contribution is -2.11. The smallest absolute Gasteiger partial charge is 0.339 e. The Morgan fingerprint density at radius 1 is 0.784 bits per heavy atom. The zero-order chi connectivity index (χ0) is 27.5. The zero-order valence-electron chi connectivity index (χ0n) is 23.5. The summed E-state index contributed by atoms with van der Waals surface area (Å²) in [5.41, 5.74) is 6.42. The third kappa shape index (κ3) is 8.89. The number of allylic oxidation sites excluding steroid dienone is 3. The highest BCUT2D eigenvalue weighted by molar-refractivity contribution is 5.91. The minimum atomic E-state index is -0.448. The van der Waals surface area contributed by atoms with Crippen molar-refractivity contribution in [1.29, 1.82) is 0 Å². The van der Waals surface area contributed by atoms with E-state index in [0.29, 0.717) is 28.9 Å². The van der Waals surface area contributed by atoms with E-state index >= 15 is 0 Å². The number of carbonyl (C=O) groups excluding carboxylic acids is 2. The maximum Gasteiger partial charge on any atom is 0.339 e. The molecule has 0 spiro atoms. The van der Waals surface area contributed by atoms with Gasteiger partial charge in [0.15, 0.2) is 0 Å². The lowest BCUT2D eigenvalue weighted by atomic mass is 9.88. The van der Waals surface area contributed by atoms with Crippen LogP contribution in [0.2, 0.25) is 0 Å². The maximum atomic E-state index is 12.6. The van der Waals surface area contributed by atoms with E-state index in [9.17, 15) is 9.59 Å². The highest BCUT2D eigenvalue weighted by Crippen LogP contribution is 2.30. The number of esters is 2. The van der Waals surface area contributed by atoms with Crippen molar-refractivity contribution in [1.82, 2.24) is 0 Å². The van der Waals surface area contributed by atoms with Crippen LogP contribution in [0.15, 0.2) is 83.5 Å². The first-order valence-corrected chi connectivity index (χ1v) is 13.2. The summed E-state index contributed by atoms with van der Waals surface area (Å²) in [6.07, 6.45) is 5.50. The maximum absolute atomic E-state index is 12.6. The average Bonchev–Trinajstić information content (AvgIpc) is 2.90. The van der Waals surface area contributed by atoms with Gasteiger partial charge in [-0.2, -0.15) is 0 Å². The number of ether oxygens (including phenoxy) is 2. The van der Waals surface area contributed by atoms with Crippen LogP contribution in [0.1, 0.15) is 97.1 Å². The number of hydrogen-bond donors (Lipinski definition) is 0. The van der Waals surface area contributed by atoms with Crippen LogP contribution in [-0.4, -0.2) is 11.9 Å². The van der Waals surface area contributed by atoms with Crippen LogP contribution >= 0.6 is 0 Å². The molecule has 2 unspecified atom stereocenters. The Morgan fingerprint density at radius 3 is 1.84 bits per heavy atom. The molecule has 4 heteroatoms. The Kier molecular flexibility index (Phi) is 11.6. The van der Waals surface area contributed by atoms with E-state index in [0.717, 1.165) is 42.9 Å². The van der Waals surface area contributed by atoms with E-state index in [1.54, 1.807) is 0 Å². The van der Waals surface area contributed by atoms with Crippen LogP contribution in [0.3, 0.4) is 0 Å². The molecule has 0 aromatic heterocycles. The summed E-state index contributed by atoms with van der Waals surface area (Å²) in [6.45, 7) is 17.8. The van der Waals surface area contributed by atoms with Crippen molar-refractivity contribution in [2.75, 3.05) is 0 Å². The summed E-state index contributed by atoms with van der Waals surface area (Å²) in [6, 6.07) is 15.7. The summed E-state index contributed by atoms with van der Waals surface area (Å²) >= 11 is 0. The molecule has 0 amide bonds. The third-order valence-corrected chi connectivity index (χ3v) is 7.26. The normalized spacial score (nSPS) is 13.2. The molecule has 0 N–H and O–H groups in total. The average molecular weight is 503 g/mol. The number of hydrogen-bond acceptors (Lipinski definition) is 4. The summed E-state index contributed by atoms with van der Waals surface area (Å²) in [7, 11) is 0. The highest BCUT2D eigenvalue weighted by atomic mass is 16.5. The Hall–Kier alpha value is -3.40. The van der Waals surface area contributed by atoms with Gasteiger partial charge in [0.1, 0.15) is 11.5 Å². The molecule has 0 heterocycles. The highest BCUT2D eigenvalue weighted by Gasteiger charge is 2.14. The molecule has 0 saturated carbocycles. The minimum absolute atomic E-state index is 0.309. The molecule has 2 atom stereocenters. The van der Waals surface area contributed by atoms with Crippen LogP contribution in [-0.2, 0) is 9.59 Å². The van der Waals surface area contributed by atoms with Gasteiger partial charge < -0.3 is 9.47 Å². The number of carbonyl (C=O) groups is 2. The van der Waals surface area contributed by atoms with E-state index in [4.69, 9.17) is 9.47 Å². The summed E-state index contributed by atoms with van der Waals surface area (Å²) in [5.74, 6) is 1.22. The standard InChI is InChI=1S/C33H42O4/c1-9-27(29-16-20-30(21-17-29)36-32(34)10-2)13-11-12-23(5)28-14-18-31(19-15-28)37-33(35)26(8)25(7)24(6)22(3)4/h10,14-21,23,27H,2,9,11-13H2,1,3-8H3/b26-25+. The van der Waals surface area contributed by atoms with Crippen LogP contribution in [0.25, 0.3) is 0 Å². The summed E-state index contributed by atoms with van der Waals surface area (Å²) < 4.78 is 10.8. The molecular formula is C33H42O4. The topological polar surface area (TPSA) is 52.6 Å². The molecule has 0 fully saturated rings. The Bertz CT molecular complexity index is 1130. The molecule has 0 bridgehead atoms. The number of benzene rings is 2. The molecule has 0 aliphatic carbocycles. The van der Waals surface area contributed by atoms with Crippen molar-refractivity contribution in [2.24, 2.45) is 0 Å². The van der Waals surface area contributed by atoms with Crippen molar-refractivity contribution < 1.29 is 19.1 Å². The van der Waals surface area contributed by atoms with Gasteiger partial charge in [-0.1, -0.05) is 56.7 Å². The van der Waals surface area contributed by atoms with Crippen molar-refractivity contribution in [3.8, 4) is 11.5 Å². The molecule has 0 radical (unpaired) electrons. The van der Waals surface area contributed by atoms with Gasteiger partial charge in [-0.25, -0.2) is 9.59 Å². The van der Waals surface area contributed by atoms with Crippen molar-refractivity contribution >= 4 is 11.9 Å². The van der Waals surface area contributed by atoms with E-state index < -0.39 is 5.97 Å². The first kappa shape index (κ1) is 29.8. The first-order valence-electron chi connectivity index (χ1n) is 13.2. The van der Waals surface area contributed by atoms with Crippen LogP contribution in [0.4, 0.5) is 0 Å². The van der Waals surface area contributed by atoms with Gasteiger partial charge in [0.25, 0.3) is 0 Å². The predicted octanol–water partition coefficient (Wildman–Crippen LogP) is 8.84. The largest absolute Gasteiger partial charge is 0.423 e. The molecule has 0 saturated heterocycles. The fraction of sp³-hybridized carbons (Fsp3) is 0.394. The van der Waals surface area contributed by atoms with E-state index in [1.807, 2.05) is 71.0 Å². The van der Waals surface area contributed by atoms with E-state index in [-0.39, 0.29) is 5.97 Å². The molecule has 37 heavy (non-hydrogen) atoms. The van der Waals surface area contributed by atoms with E-state index in [2.05, 4.69) is 32.6 Å². The molecule has 2 aromatic carbocycles. The van der Waals surface area contributed by atoms with Crippen molar-refractivity contribution in [3.63, 3.8) is 0 Å².